The first-order chi connectivity index (χ1) is 15.8. The Bertz CT molecular complexity index is 1130. The Balaban J connectivity index is 1.77. The van der Waals surface area contributed by atoms with Gasteiger partial charge < -0.3 is 29.8 Å². The second-order valence-electron chi connectivity index (χ2n) is 8.18. The van der Waals surface area contributed by atoms with E-state index in [4.69, 9.17) is 19.9 Å². The van der Waals surface area contributed by atoms with Gasteiger partial charge in [-0.05, 0) is 30.7 Å². The minimum atomic E-state index is -4.87. The van der Waals surface area contributed by atoms with Gasteiger partial charge in [0.25, 0.3) is 17.4 Å². The number of benzene rings is 1. The lowest BCUT2D eigenvalue weighted by molar-refractivity contribution is -0.207. The van der Waals surface area contributed by atoms with Crippen LogP contribution in [0.5, 0.6) is 5.75 Å². The van der Waals surface area contributed by atoms with Crippen molar-refractivity contribution >= 4 is 11.8 Å². The van der Waals surface area contributed by atoms with Crippen molar-refractivity contribution in [3.63, 3.8) is 0 Å². The van der Waals surface area contributed by atoms with Crippen LogP contribution >= 0.6 is 0 Å². The third-order valence-corrected chi connectivity index (χ3v) is 5.16. The van der Waals surface area contributed by atoms with Crippen molar-refractivity contribution < 1.29 is 37.0 Å². The molecule has 0 unspecified atom stereocenters. The maximum Gasteiger partial charge on any atom is 0.431 e. The molecule has 1 aromatic carbocycles. The van der Waals surface area contributed by atoms with Gasteiger partial charge in [0.1, 0.15) is 29.7 Å². The number of pyridine rings is 1. The van der Waals surface area contributed by atoms with Gasteiger partial charge in [-0.3, -0.25) is 14.4 Å². The molecule has 34 heavy (non-hydrogen) atoms. The molecule has 0 spiro atoms. The van der Waals surface area contributed by atoms with Gasteiger partial charge >= 0.3 is 6.18 Å². The summed E-state index contributed by atoms with van der Waals surface area (Å²) in [7, 11) is 3.22. The summed E-state index contributed by atoms with van der Waals surface area (Å²) in [6.07, 6.45) is -5.41. The van der Waals surface area contributed by atoms with Gasteiger partial charge in [-0.25, -0.2) is 0 Å². The SMILES string of the molecule is CN(C)C(=O)[C@@]1(C)COC[C@@H](COc2ccc(-c3cc(C(N)=O)c(=O)[nH]c3C(F)(F)F)cc2)O1. The molecule has 1 saturated heterocycles. The van der Waals surface area contributed by atoms with Crippen LogP contribution in [0.2, 0.25) is 0 Å². The highest BCUT2D eigenvalue weighted by molar-refractivity contribution is 5.94. The quantitative estimate of drug-likeness (QED) is 0.646. The molecule has 184 valence electrons. The summed E-state index contributed by atoms with van der Waals surface area (Å²) in [5.74, 6) is -1.07. The molecule has 2 aromatic rings. The van der Waals surface area contributed by atoms with Crippen molar-refractivity contribution in [2.24, 2.45) is 5.73 Å². The van der Waals surface area contributed by atoms with E-state index in [9.17, 15) is 27.6 Å². The average Bonchev–Trinajstić information content (AvgIpc) is 2.76. The number of nitrogens with one attached hydrogen (secondary N) is 1. The van der Waals surface area contributed by atoms with Crippen LogP contribution in [0.1, 0.15) is 23.0 Å². The predicted octanol–water partition coefficient (Wildman–Crippen LogP) is 1.80. The molecule has 2 amide bonds. The number of aromatic nitrogens is 1. The maximum atomic E-state index is 13.5. The van der Waals surface area contributed by atoms with E-state index in [1.54, 1.807) is 26.0 Å². The minimum Gasteiger partial charge on any atom is -0.491 e. The number of rotatable bonds is 6. The van der Waals surface area contributed by atoms with Crippen molar-refractivity contribution in [3.05, 3.63) is 51.9 Å². The molecule has 1 aromatic heterocycles. The second-order valence-corrected chi connectivity index (χ2v) is 8.18. The van der Waals surface area contributed by atoms with Gasteiger partial charge in [-0.1, -0.05) is 12.1 Å². The van der Waals surface area contributed by atoms with E-state index in [0.29, 0.717) is 5.75 Å². The van der Waals surface area contributed by atoms with Gasteiger partial charge in [0, 0.05) is 19.7 Å². The number of alkyl halides is 3. The van der Waals surface area contributed by atoms with Crippen LogP contribution in [0.25, 0.3) is 11.1 Å². The molecule has 0 aliphatic carbocycles. The zero-order valence-corrected chi connectivity index (χ0v) is 18.7. The first kappa shape index (κ1) is 25.2. The van der Waals surface area contributed by atoms with Gasteiger partial charge in [0.2, 0.25) is 0 Å². The Kier molecular flexibility index (Phi) is 7.03. The van der Waals surface area contributed by atoms with E-state index in [0.717, 1.165) is 6.07 Å². The number of carbonyl (C=O) groups excluding carboxylic acids is 2. The van der Waals surface area contributed by atoms with Crippen molar-refractivity contribution in [2.45, 2.75) is 24.8 Å². The highest BCUT2D eigenvalue weighted by atomic mass is 19.4. The molecule has 3 rings (SSSR count). The summed E-state index contributed by atoms with van der Waals surface area (Å²) in [5.41, 5.74) is 0.511. The summed E-state index contributed by atoms with van der Waals surface area (Å²) in [6, 6.07) is 6.37. The summed E-state index contributed by atoms with van der Waals surface area (Å²) in [5, 5.41) is 0. The number of H-pyrrole nitrogens is 1. The molecule has 12 heteroatoms. The van der Waals surface area contributed by atoms with E-state index >= 15 is 0 Å². The Morgan fingerprint density at radius 3 is 2.47 bits per heavy atom. The number of amides is 2. The van der Waals surface area contributed by atoms with E-state index in [-0.39, 0.29) is 31.3 Å². The molecule has 2 atom stereocenters. The summed E-state index contributed by atoms with van der Waals surface area (Å²) < 4.78 is 57.4. The molecule has 1 aliphatic rings. The predicted molar refractivity (Wildman–Crippen MR) is 114 cm³/mol. The number of nitrogens with two attached hydrogens (primary N) is 1. The molecule has 9 nitrogen and oxygen atoms in total. The number of ether oxygens (including phenoxy) is 3. The van der Waals surface area contributed by atoms with Crippen LogP contribution in [-0.4, -0.2) is 67.3 Å². The molecule has 0 radical (unpaired) electrons. The number of carbonyl (C=O) groups is 2. The number of nitrogens with zero attached hydrogens (tertiary/aromatic N) is 1. The average molecular weight is 483 g/mol. The van der Waals surface area contributed by atoms with Crippen LogP contribution in [0.15, 0.2) is 35.1 Å². The molecule has 1 aliphatic heterocycles. The summed E-state index contributed by atoms with van der Waals surface area (Å²) in [6.45, 7) is 1.97. The lowest BCUT2D eigenvalue weighted by Crippen LogP contribution is -2.56. The Hall–Kier alpha value is -3.38. The number of hydrogen-bond donors (Lipinski definition) is 2. The molecule has 2 heterocycles. The molecule has 3 N–H and O–H groups in total. The van der Waals surface area contributed by atoms with Crippen LogP contribution in [0.4, 0.5) is 13.2 Å². The van der Waals surface area contributed by atoms with E-state index in [1.807, 2.05) is 0 Å². The van der Waals surface area contributed by atoms with Crippen molar-refractivity contribution in [1.29, 1.82) is 0 Å². The van der Waals surface area contributed by atoms with Crippen LogP contribution in [0, 0.1) is 0 Å². The normalized spacial score (nSPS) is 20.6. The number of hydrogen-bond acceptors (Lipinski definition) is 6. The second kappa shape index (κ2) is 9.47. The van der Waals surface area contributed by atoms with Gasteiger partial charge in [-0.2, -0.15) is 13.2 Å². The largest absolute Gasteiger partial charge is 0.491 e. The van der Waals surface area contributed by atoms with E-state index in [2.05, 4.69) is 0 Å². The monoisotopic (exact) mass is 483 g/mol. The fraction of sp³-hybridized carbons (Fsp3) is 0.409. The topological polar surface area (TPSA) is 124 Å². The Labute approximate surface area is 192 Å². The number of likely N-dealkylation sites (N-methyl/N-ethyl adjacent to an activating group) is 1. The fourth-order valence-electron chi connectivity index (χ4n) is 3.57. The Morgan fingerprint density at radius 2 is 1.91 bits per heavy atom. The Morgan fingerprint density at radius 1 is 1.26 bits per heavy atom. The number of halogens is 3. The molecule has 1 fully saturated rings. The molecule has 0 saturated carbocycles. The highest BCUT2D eigenvalue weighted by Gasteiger charge is 2.42. The zero-order chi connectivity index (χ0) is 25.3. The zero-order valence-electron chi connectivity index (χ0n) is 18.7. The van der Waals surface area contributed by atoms with Crippen molar-refractivity contribution in [1.82, 2.24) is 9.88 Å². The highest BCUT2D eigenvalue weighted by Crippen LogP contribution is 2.36. The van der Waals surface area contributed by atoms with Gasteiger partial charge in [-0.15, -0.1) is 0 Å². The first-order valence-corrected chi connectivity index (χ1v) is 10.2. The number of primary amides is 1. The minimum absolute atomic E-state index is 0.0356. The van der Waals surface area contributed by atoms with Crippen LogP contribution < -0.4 is 16.0 Å². The molecular formula is C22H24F3N3O6. The fourth-order valence-corrected chi connectivity index (χ4v) is 3.57. The maximum absolute atomic E-state index is 13.5. The smallest absolute Gasteiger partial charge is 0.431 e. The van der Waals surface area contributed by atoms with E-state index < -0.39 is 46.2 Å². The molecule has 0 bridgehead atoms. The lowest BCUT2D eigenvalue weighted by atomic mass is 10.0. The summed E-state index contributed by atoms with van der Waals surface area (Å²) >= 11 is 0. The van der Waals surface area contributed by atoms with Crippen molar-refractivity contribution in [2.75, 3.05) is 33.9 Å². The standard InChI is InChI=1S/C22H24F3N3O6/c1-21(20(31)28(2)3)11-32-9-14(34-21)10-33-13-6-4-12(5-7-13)15-8-16(18(26)29)19(30)27-17(15)22(23,24)25/h4-8,14H,9-11H2,1-3H3,(H2,26,29)(H,27,30)/t14-,21+/m0/s1. The lowest BCUT2D eigenvalue weighted by Gasteiger charge is -2.38. The molecular weight excluding hydrogens is 459 g/mol. The van der Waals surface area contributed by atoms with Gasteiger partial charge in [0.15, 0.2) is 5.60 Å². The van der Waals surface area contributed by atoms with Gasteiger partial charge in [0.05, 0.1) is 13.2 Å². The van der Waals surface area contributed by atoms with Crippen LogP contribution in [0.3, 0.4) is 0 Å². The first-order valence-electron chi connectivity index (χ1n) is 10.2. The number of aromatic amines is 1. The van der Waals surface area contributed by atoms with Crippen LogP contribution in [-0.2, 0) is 20.4 Å². The third-order valence-electron chi connectivity index (χ3n) is 5.16. The summed E-state index contributed by atoms with van der Waals surface area (Å²) in [4.78, 5) is 38.7. The van der Waals surface area contributed by atoms with Crippen molar-refractivity contribution in [3.8, 4) is 16.9 Å². The van der Waals surface area contributed by atoms with E-state index in [1.165, 1.54) is 29.2 Å². The third kappa shape index (κ3) is 5.39.